The number of rotatable bonds is 5. The van der Waals surface area contributed by atoms with Crippen LogP contribution in [-0.2, 0) is 10.0 Å². The fraction of sp³-hybridized carbons (Fsp3) is 0.200. The summed E-state index contributed by atoms with van der Waals surface area (Å²) in [6, 6.07) is 6.80. The maximum atomic E-state index is 14.1. The Hall–Kier alpha value is -1.99. The quantitative estimate of drug-likeness (QED) is 0.885. The first-order valence-electron chi connectivity index (χ1n) is 6.49. The predicted octanol–water partition coefficient (Wildman–Crippen LogP) is 3.61. The van der Waals surface area contributed by atoms with E-state index in [1.54, 1.807) is 12.1 Å². The molecule has 2 aromatic rings. The molecule has 0 aliphatic carbocycles. The van der Waals surface area contributed by atoms with Crippen molar-refractivity contribution in [1.82, 2.24) is 0 Å². The van der Waals surface area contributed by atoms with E-state index in [0.717, 1.165) is 17.7 Å². The molecule has 0 spiro atoms. The highest BCUT2D eigenvalue weighted by molar-refractivity contribution is 7.92. The van der Waals surface area contributed by atoms with Crippen LogP contribution in [0.4, 0.5) is 10.1 Å². The lowest BCUT2D eigenvalue weighted by atomic mass is 10.2. The monoisotopic (exact) mass is 359 g/mol. The van der Waals surface area contributed by atoms with E-state index in [9.17, 15) is 12.8 Å². The molecule has 0 saturated heterocycles. The summed E-state index contributed by atoms with van der Waals surface area (Å²) in [6.07, 6.45) is 0. The van der Waals surface area contributed by atoms with Gasteiger partial charge in [-0.25, -0.2) is 12.8 Å². The van der Waals surface area contributed by atoms with Crippen molar-refractivity contribution < 1.29 is 22.3 Å². The van der Waals surface area contributed by atoms with E-state index in [1.165, 1.54) is 20.3 Å². The Morgan fingerprint density at radius 1 is 1.09 bits per heavy atom. The van der Waals surface area contributed by atoms with Gasteiger partial charge in [0, 0.05) is 12.1 Å². The Labute approximate surface area is 139 Å². The Kier molecular flexibility index (Phi) is 5.01. The lowest BCUT2D eigenvalue weighted by molar-refractivity contribution is 0.350. The fourth-order valence-corrected chi connectivity index (χ4v) is 3.44. The third-order valence-corrected chi connectivity index (χ3v) is 4.79. The van der Waals surface area contributed by atoms with Crippen molar-refractivity contribution in [3.05, 3.63) is 46.7 Å². The number of aryl methyl sites for hydroxylation is 1. The summed E-state index contributed by atoms with van der Waals surface area (Å²) in [7, 11) is -1.52. The smallest absolute Gasteiger partial charge is 0.265 e. The summed E-state index contributed by atoms with van der Waals surface area (Å²) < 4.78 is 51.2. The number of sulfonamides is 1. The van der Waals surface area contributed by atoms with Crippen LogP contribution in [0, 0.1) is 12.7 Å². The van der Waals surface area contributed by atoms with Gasteiger partial charge >= 0.3 is 0 Å². The summed E-state index contributed by atoms with van der Waals surface area (Å²) in [5.41, 5.74) is 1.03. The average Bonchev–Trinajstić information content (AvgIpc) is 2.49. The van der Waals surface area contributed by atoms with Gasteiger partial charge in [0.15, 0.2) is 11.5 Å². The minimum atomic E-state index is -4.18. The van der Waals surface area contributed by atoms with Crippen molar-refractivity contribution in [2.45, 2.75) is 11.8 Å². The molecule has 124 valence electrons. The highest BCUT2D eigenvalue weighted by atomic mass is 35.5. The molecule has 0 aromatic heterocycles. The molecule has 8 heteroatoms. The molecular weight excluding hydrogens is 345 g/mol. The van der Waals surface area contributed by atoms with Crippen molar-refractivity contribution in [2.24, 2.45) is 0 Å². The van der Waals surface area contributed by atoms with Crippen LogP contribution in [0.1, 0.15) is 5.56 Å². The van der Waals surface area contributed by atoms with Gasteiger partial charge in [-0.2, -0.15) is 0 Å². The summed E-state index contributed by atoms with van der Waals surface area (Å²) >= 11 is 6.00. The molecule has 0 unspecified atom stereocenters. The van der Waals surface area contributed by atoms with Gasteiger partial charge in [-0.1, -0.05) is 17.7 Å². The van der Waals surface area contributed by atoms with Gasteiger partial charge in [0.05, 0.1) is 24.9 Å². The molecule has 0 aliphatic rings. The van der Waals surface area contributed by atoms with Gasteiger partial charge < -0.3 is 9.47 Å². The van der Waals surface area contributed by atoms with Gasteiger partial charge in [0.2, 0.25) is 0 Å². The number of anilines is 1. The Bertz CT molecular complexity index is 840. The van der Waals surface area contributed by atoms with Crippen LogP contribution in [0.3, 0.4) is 0 Å². The maximum absolute atomic E-state index is 14.1. The standard InChI is InChI=1S/C15H15ClFNO4S/c1-9-4-5-12(10(16)6-9)18-23(19,20)15-8-14(22-3)13(21-2)7-11(15)17/h4-8,18H,1-3H3. The zero-order valence-electron chi connectivity index (χ0n) is 12.7. The molecule has 0 heterocycles. The molecule has 0 radical (unpaired) electrons. The van der Waals surface area contributed by atoms with Gasteiger partial charge in [-0.3, -0.25) is 4.72 Å². The first-order chi connectivity index (χ1) is 10.8. The number of benzene rings is 2. The predicted molar refractivity (Wildman–Crippen MR) is 86.5 cm³/mol. The van der Waals surface area contributed by atoms with Gasteiger partial charge in [-0.05, 0) is 24.6 Å². The number of ether oxygens (including phenoxy) is 2. The van der Waals surface area contributed by atoms with Crippen molar-refractivity contribution in [2.75, 3.05) is 18.9 Å². The third kappa shape index (κ3) is 3.68. The fourth-order valence-electron chi connectivity index (χ4n) is 1.94. The second-order valence-electron chi connectivity index (χ2n) is 4.73. The maximum Gasteiger partial charge on any atom is 0.265 e. The Balaban J connectivity index is 2.47. The van der Waals surface area contributed by atoms with Crippen molar-refractivity contribution >= 4 is 27.3 Å². The van der Waals surface area contributed by atoms with Crippen LogP contribution >= 0.6 is 11.6 Å². The summed E-state index contributed by atoms with van der Waals surface area (Å²) in [6.45, 7) is 1.82. The molecule has 0 atom stereocenters. The highest BCUT2D eigenvalue weighted by Crippen LogP contribution is 2.33. The molecule has 5 nitrogen and oxygen atoms in total. The van der Waals surface area contributed by atoms with Crippen LogP contribution in [0.15, 0.2) is 35.2 Å². The molecule has 0 bridgehead atoms. The molecule has 23 heavy (non-hydrogen) atoms. The molecule has 2 rings (SSSR count). The molecule has 0 fully saturated rings. The number of hydrogen-bond acceptors (Lipinski definition) is 4. The Morgan fingerprint density at radius 3 is 2.26 bits per heavy atom. The molecular formula is C15H15ClFNO4S. The molecule has 0 saturated carbocycles. The highest BCUT2D eigenvalue weighted by Gasteiger charge is 2.23. The third-order valence-electron chi connectivity index (χ3n) is 3.10. The van der Waals surface area contributed by atoms with E-state index in [4.69, 9.17) is 21.1 Å². The first-order valence-corrected chi connectivity index (χ1v) is 8.35. The summed E-state index contributed by atoms with van der Waals surface area (Å²) in [5.74, 6) is -0.764. The topological polar surface area (TPSA) is 64.6 Å². The van der Waals surface area contributed by atoms with Gasteiger partial charge in [0.1, 0.15) is 10.7 Å². The van der Waals surface area contributed by atoms with E-state index in [0.29, 0.717) is 0 Å². The minimum Gasteiger partial charge on any atom is -0.493 e. The van der Waals surface area contributed by atoms with Gasteiger partial charge in [0.25, 0.3) is 10.0 Å². The number of methoxy groups -OCH3 is 2. The lowest BCUT2D eigenvalue weighted by Gasteiger charge is -2.13. The minimum absolute atomic E-state index is 0.0947. The molecule has 0 amide bonds. The van der Waals surface area contributed by atoms with E-state index < -0.39 is 20.7 Å². The normalized spacial score (nSPS) is 11.2. The van der Waals surface area contributed by atoms with Crippen molar-refractivity contribution in [3.63, 3.8) is 0 Å². The first kappa shape index (κ1) is 17.4. The van der Waals surface area contributed by atoms with Crippen LogP contribution in [0.2, 0.25) is 5.02 Å². The van der Waals surface area contributed by atoms with E-state index in [2.05, 4.69) is 4.72 Å². The van der Waals surface area contributed by atoms with Crippen molar-refractivity contribution in [1.29, 1.82) is 0 Å². The number of hydrogen-bond donors (Lipinski definition) is 1. The van der Waals surface area contributed by atoms with Crippen LogP contribution < -0.4 is 14.2 Å². The summed E-state index contributed by atoms with van der Waals surface area (Å²) in [4.78, 5) is -0.563. The van der Waals surface area contributed by atoms with Crippen LogP contribution in [0.5, 0.6) is 11.5 Å². The molecule has 2 aromatic carbocycles. The zero-order chi connectivity index (χ0) is 17.2. The summed E-state index contributed by atoms with van der Waals surface area (Å²) in [5, 5.41) is 0.217. The molecule has 0 aliphatic heterocycles. The second-order valence-corrected chi connectivity index (χ2v) is 6.78. The molecule has 1 N–H and O–H groups in total. The number of nitrogens with one attached hydrogen (secondary N) is 1. The SMILES string of the molecule is COc1cc(F)c(S(=O)(=O)Nc2ccc(C)cc2Cl)cc1OC. The van der Waals surface area contributed by atoms with Gasteiger partial charge in [-0.15, -0.1) is 0 Å². The van der Waals surface area contributed by atoms with Crippen LogP contribution in [0.25, 0.3) is 0 Å². The van der Waals surface area contributed by atoms with E-state index >= 15 is 0 Å². The van der Waals surface area contributed by atoms with E-state index in [-0.39, 0.29) is 22.2 Å². The van der Waals surface area contributed by atoms with Crippen molar-refractivity contribution in [3.8, 4) is 11.5 Å². The second kappa shape index (κ2) is 6.64. The zero-order valence-corrected chi connectivity index (χ0v) is 14.3. The van der Waals surface area contributed by atoms with Crippen LogP contribution in [-0.4, -0.2) is 22.6 Å². The number of halogens is 2. The average molecular weight is 360 g/mol. The van der Waals surface area contributed by atoms with E-state index in [1.807, 2.05) is 6.92 Å². The largest absolute Gasteiger partial charge is 0.493 e. The lowest BCUT2D eigenvalue weighted by Crippen LogP contribution is -2.15. The Morgan fingerprint density at radius 2 is 1.70 bits per heavy atom.